The summed E-state index contributed by atoms with van der Waals surface area (Å²) in [4.78, 5) is 0.0768. The van der Waals surface area contributed by atoms with E-state index in [-0.39, 0.29) is 16.2 Å². The molecule has 170 valence electrons. The number of sulfone groups is 1. The number of anilines is 1. The van der Waals surface area contributed by atoms with Crippen molar-refractivity contribution in [2.75, 3.05) is 18.6 Å². The molecular formula is C24H20F3N3O2S. The first-order valence-electron chi connectivity index (χ1n) is 9.94. The van der Waals surface area contributed by atoms with Crippen molar-refractivity contribution in [3.05, 3.63) is 84.6 Å². The molecule has 4 rings (SSSR count). The molecule has 0 amide bonds. The van der Waals surface area contributed by atoms with Gasteiger partial charge in [-0.15, -0.1) is 0 Å². The van der Waals surface area contributed by atoms with Crippen molar-refractivity contribution in [2.24, 2.45) is 0 Å². The van der Waals surface area contributed by atoms with Crippen LogP contribution in [0.5, 0.6) is 0 Å². The Morgan fingerprint density at radius 3 is 1.97 bits per heavy atom. The van der Waals surface area contributed by atoms with Gasteiger partial charge in [-0.3, -0.25) is 0 Å². The summed E-state index contributed by atoms with van der Waals surface area (Å²) in [6.07, 6.45) is -3.63. The van der Waals surface area contributed by atoms with E-state index in [2.05, 4.69) is 10.4 Å². The fraction of sp³-hybridized carbons (Fsp3) is 0.125. The van der Waals surface area contributed by atoms with E-state index in [4.69, 9.17) is 0 Å². The van der Waals surface area contributed by atoms with Crippen LogP contribution >= 0.6 is 0 Å². The van der Waals surface area contributed by atoms with Crippen molar-refractivity contribution in [1.29, 1.82) is 0 Å². The van der Waals surface area contributed by atoms with Crippen LogP contribution in [0.15, 0.2) is 83.8 Å². The van der Waals surface area contributed by atoms with Crippen LogP contribution in [0.25, 0.3) is 28.1 Å². The molecule has 0 aliphatic rings. The zero-order valence-corrected chi connectivity index (χ0v) is 18.6. The topological polar surface area (TPSA) is 64.0 Å². The van der Waals surface area contributed by atoms with E-state index in [0.29, 0.717) is 16.8 Å². The molecule has 1 heterocycles. The lowest BCUT2D eigenvalue weighted by Gasteiger charge is -2.12. The molecule has 0 aliphatic carbocycles. The van der Waals surface area contributed by atoms with Crippen molar-refractivity contribution in [1.82, 2.24) is 9.78 Å². The highest BCUT2D eigenvalue weighted by molar-refractivity contribution is 7.90. The molecule has 9 heteroatoms. The summed E-state index contributed by atoms with van der Waals surface area (Å²) < 4.78 is 67.4. The highest BCUT2D eigenvalue weighted by atomic mass is 32.2. The Kier molecular flexibility index (Phi) is 5.75. The highest BCUT2D eigenvalue weighted by Crippen LogP contribution is 2.43. The third kappa shape index (κ3) is 4.49. The lowest BCUT2D eigenvalue weighted by Crippen LogP contribution is -2.08. The van der Waals surface area contributed by atoms with Gasteiger partial charge >= 0.3 is 6.18 Å². The van der Waals surface area contributed by atoms with Crippen LogP contribution in [0.2, 0.25) is 0 Å². The molecule has 0 fully saturated rings. The SMILES string of the molecule is CNc1ccc(-n2nc(C(F)(F)F)c(-c3ccccc3)c2-c2ccc(S(C)(=O)=O)cc2)cc1. The van der Waals surface area contributed by atoms with Gasteiger partial charge < -0.3 is 5.32 Å². The largest absolute Gasteiger partial charge is 0.435 e. The van der Waals surface area contributed by atoms with Gasteiger partial charge in [0.1, 0.15) is 0 Å². The van der Waals surface area contributed by atoms with Crippen molar-refractivity contribution in [2.45, 2.75) is 11.1 Å². The van der Waals surface area contributed by atoms with E-state index in [1.165, 1.54) is 28.9 Å². The van der Waals surface area contributed by atoms with Gasteiger partial charge in [-0.1, -0.05) is 42.5 Å². The summed E-state index contributed by atoms with van der Waals surface area (Å²) in [5.74, 6) is 0. The Hall–Kier alpha value is -3.59. The first kappa shape index (κ1) is 22.6. The van der Waals surface area contributed by atoms with Gasteiger partial charge in [0.2, 0.25) is 0 Å². The monoisotopic (exact) mass is 471 g/mol. The summed E-state index contributed by atoms with van der Waals surface area (Å²) in [5.41, 5.74) is 1.10. The number of nitrogens with one attached hydrogen (secondary N) is 1. The summed E-state index contributed by atoms with van der Waals surface area (Å²) in [5, 5.41) is 6.96. The standard InChI is InChI=1S/C24H20F3N3O2S/c1-28-18-10-12-19(13-11-18)30-22(17-8-14-20(15-9-17)33(2,31)32)21(16-6-4-3-5-7-16)23(29-30)24(25,26)27/h3-15,28H,1-2H3. The van der Waals surface area contributed by atoms with E-state index in [1.54, 1.807) is 61.6 Å². The second-order valence-corrected chi connectivity index (χ2v) is 9.46. The number of nitrogens with zero attached hydrogens (tertiary/aromatic N) is 2. The second kappa shape index (κ2) is 8.40. The van der Waals surface area contributed by atoms with Gasteiger partial charge in [0.15, 0.2) is 15.5 Å². The molecule has 0 spiro atoms. The van der Waals surface area contributed by atoms with Crippen molar-refractivity contribution in [3.63, 3.8) is 0 Å². The Labute approximate surface area is 189 Å². The van der Waals surface area contributed by atoms with Gasteiger partial charge in [0.05, 0.1) is 16.3 Å². The molecule has 5 nitrogen and oxygen atoms in total. The minimum absolute atomic E-state index is 0.0760. The third-order valence-corrected chi connectivity index (χ3v) is 6.30. The quantitative estimate of drug-likeness (QED) is 0.407. The fourth-order valence-electron chi connectivity index (χ4n) is 3.58. The maximum Gasteiger partial charge on any atom is 0.435 e. The van der Waals surface area contributed by atoms with Gasteiger partial charge in [0, 0.05) is 30.1 Å². The first-order chi connectivity index (χ1) is 15.6. The number of hydrogen-bond acceptors (Lipinski definition) is 4. The molecule has 0 radical (unpaired) electrons. The predicted molar refractivity (Wildman–Crippen MR) is 122 cm³/mol. The van der Waals surface area contributed by atoms with Gasteiger partial charge in [-0.25, -0.2) is 13.1 Å². The average molecular weight is 472 g/mol. The number of alkyl halides is 3. The van der Waals surface area contributed by atoms with Crippen LogP contribution in [0.3, 0.4) is 0 Å². The van der Waals surface area contributed by atoms with Crippen LogP contribution in [-0.2, 0) is 16.0 Å². The van der Waals surface area contributed by atoms with Gasteiger partial charge in [-0.05, 0) is 42.0 Å². The van der Waals surface area contributed by atoms with Crippen LogP contribution in [0.4, 0.5) is 18.9 Å². The average Bonchev–Trinajstić information content (AvgIpc) is 3.20. The van der Waals surface area contributed by atoms with Gasteiger partial charge in [0.25, 0.3) is 0 Å². The molecule has 3 aromatic carbocycles. The number of rotatable bonds is 5. The zero-order valence-electron chi connectivity index (χ0n) is 17.8. The van der Waals surface area contributed by atoms with Gasteiger partial charge in [-0.2, -0.15) is 18.3 Å². The minimum atomic E-state index is -4.71. The molecule has 33 heavy (non-hydrogen) atoms. The van der Waals surface area contributed by atoms with E-state index >= 15 is 0 Å². The van der Waals surface area contributed by atoms with Crippen molar-refractivity contribution < 1.29 is 21.6 Å². The van der Waals surface area contributed by atoms with Crippen LogP contribution in [-0.4, -0.2) is 31.5 Å². The first-order valence-corrected chi connectivity index (χ1v) is 11.8. The smallest absolute Gasteiger partial charge is 0.388 e. The number of benzene rings is 3. The molecule has 1 N–H and O–H groups in total. The number of aromatic nitrogens is 2. The molecule has 4 aromatic rings. The Morgan fingerprint density at radius 1 is 0.848 bits per heavy atom. The van der Waals surface area contributed by atoms with Crippen LogP contribution in [0, 0.1) is 0 Å². The Bertz CT molecular complexity index is 1380. The summed E-state index contributed by atoms with van der Waals surface area (Å²) >= 11 is 0. The Morgan fingerprint density at radius 2 is 1.45 bits per heavy atom. The predicted octanol–water partition coefficient (Wildman–Crippen LogP) is 5.67. The molecule has 0 atom stereocenters. The highest BCUT2D eigenvalue weighted by Gasteiger charge is 2.40. The van der Waals surface area contributed by atoms with Crippen LogP contribution < -0.4 is 5.32 Å². The van der Waals surface area contributed by atoms with E-state index < -0.39 is 21.7 Å². The summed E-state index contributed by atoms with van der Waals surface area (Å²) in [7, 11) is -1.72. The number of hydrogen-bond donors (Lipinski definition) is 1. The summed E-state index contributed by atoms with van der Waals surface area (Å²) in [6, 6.07) is 20.8. The molecule has 0 unspecified atom stereocenters. The van der Waals surface area contributed by atoms with Crippen molar-refractivity contribution in [3.8, 4) is 28.1 Å². The Balaban J connectivity index is 2.05. The maximum atomic E-state index is 14.1. The lowest BCUT2D eigenvalue weighted by atomic mass is 9.98. The summed E-state index contributed by atoms with van der Waals surface area (Å²) in [6.45, 7) is 0. The molecule has 0 saturated carbocycles. The van der Waals surface area contributed by atoms with E-state index in [9.17, 15) is 21.6 Å². The third-order valence-electron chi connectivity index (χ3n) is 5.17. The zero-order chi connectivity index (χ0) is 23.8. The lowest BCUT2D eigenvalue weighted by molar-refractivity contribution is -0.140. The molecule has 1 aromatic heterocycles. The molecular weight excluding hydrogens is 451 g/mol. The minimum Gasteiger partial charge on any atom is -0.388 e. The number of halogens is 3. The fourth-order valence-corrected chi connectivity index (χ4v) is 4.21. The van der Waals surface area contributed by atoms with Crippen LogP contribution in [0.1, 0.15) is 5.69 Å². The molecule has 0 bridgehead atoms. The molecule has 0 saturated heterocycles. The normalized spacial score (nSPS) is 12.0. The van der Waals surface area contributed by atoms with E-state index in [1.807, 2.05) is 0 Å². The van der Waals surface area contributed by atoms with Crippen molar-refractivity contribution >= 4 is 15.5 Å². The molecule has 0 aliphatic heterocycles. The van der Waals surface area contributed by atoms with E-state index in [0.717, 1.165) is 11.9 Å². The maximum absolute atomic E-state index is 14.1. The second-order valence-electron chi connectivity index (χ2n) is 7.44.